The fraction of sp³-hybridized carbons (Fsp3) is 0.368. The first-order chi connectivity index (χ1) is 12.7. The highest BCUT2D eigenvalue weighted by molar-refractivity contribution is 5.99. The molecule has 26 heavy (non-hydrogen) atoms. The van der Waals surface area contributed by atoms with Crippen LogP contribution in [0.1, 0.15) is 47.2 Å². The van der Waals surface area contributed by atoms with Crippen LogP contribution in [-0.4, -0.2) is 39.6 Å². The van der Waals surface area contributed by atoms with Gasteiger partial charge in [0.05, 0.1) is 29.9 Å². The number of pyridine rings is 1. The molecule has 1 fully saturated rings. The Balaban J connectivity index is 1.71. The third-order valence-corrected chi connectivity index (χ3v) is 4.89. The summed E-state index contributed by atoms with van der Waals surface area (Å²) >= 11 is 0. The summed E-state index contributed by atoms with van der Waals surface area (Å²) in [4.78, 5) is 23.9. The Morgan fingerprint density at radius 1 is 1.31 bits per heavy atom. The van der Waals surface area contributed by atoms with Crippen LogP contribution in [0, 0.1) is 6.92 Å². The highest BCUT2D eigenvalue weighted by Crippen LogP contribution is 2.31. The molecule has 3 aromatic rings. The van der Waals surface area contributed by atoms with E-state index in [1.807, 2.05) is 36.1 Å². The molecular formula is C19H20N4O3. The highest BCUT2D eigenvalue weighted by atomic mass is 16.5. The number of rotatable bonds is 3. The second-order valence-corrected chi connectivity index (χ2v) is 6.48. The molecule has 1 saturated heterocycles. The summed E-state index contributed by atoms with van der Waals surface area (Å²) in [6.45, 7) is 2.54. The predicted molar refractivity (Wildman–Crippen MR) is 95.0 cm³/mol. The molecule has 0 bridgehead atoms. The van der Waals surface area contributed by atoms with E-state index in [9.17, 15) is 4.79 Å². The molecule has 0 N–H and O–H groups in total. The number of hydrogen-bond acceptors (Lipinski definition) is 6. The maximum absolute atomic E-state index is 13.3. The summed E-state index contributed by atoms with van der Waals surface area (Å²) in [7, 11) is 1.63. The minimum atomic E-state index is -0.152. The Labute approximate surface area is 151 Å². The van der Waals surface area contributed by atoms with Gasteiger partial charge >= 0.3 is 0 Å². The largest absolute Gasteiger partial charge is 0.497 e. The fourth-order valence-corrected chi connectivity index (χ4v) is 3.51. The summed E-state index contributed by atoms with van der Waals surface area (Å²) in [6, 6.07) is 7.42. The van der Waals surface area contributed by atoms with Crippen molar-refractivity contribution in [2.24, 2.45) is 0 Å². The van der Waals surface area contributed by atoms with Gasteiger partial charge in [-0.25, -0.2) is 0 Å². The fourth-order valence-electron chi connectivity index (χ4n) is 3.51. The van der Waals surface area contributed by atoms with Crippen molar-refractivity contribution >= 4 is 16.8 Å². The molecule has 1 atom stereocenters. The van der Waals surface area contributed by atoms with Crippen molar-refractivity contribution < 1.29 is 14.1 Å². The number of fused-ring (bicyclic) bond motifs is 1. The Bertz CT molecular complexity index is 939. The van der Waals surface area contributed by atoms with Gasteiger partial charge in [-0.3, -0.25) is 9.78 Å². The molecular weight excluding hydrogens is 332 g/mol. The summed E-state index contributed by atoms with van der Waals surface area (Å²) < 4.78 is 10.1. The lowest BCUT2D eigenvalue weighted by Gasteiger charge is -2.34. The summed E-state index contributed by atoms with van der Waals surface area (Å²) in [5.41, 5.74) is 2.12. The van der Waals surface area contributed by atoms with E-state index in [1.54, 1.807) is 7.11 Å². The monoisotopic (exact) mass is 352 g/mol. The molecule has 2 aromatic heterocycles. The second kappa shape index (κ2) is 6.74. The van der Waals surface area contributed by atoms with Crippen molar-refractivity contribution in [1.29, 1.82) is 0 Å². The second-order valence-electron chi connectivity index (χ2n) is 6.48. The van der Waals surface area contributed by atoms with E-state index in [1.165, 1.54) is 6.39 Å². The van der Waals surface area contributed by atoms with Crippen LogP contribution in [-0.2, 0) is 0 Å². The number of piperidine rings is 1. The molecule has 7 nitrogen and oxygen atoms in total. The summed E-state index contributed by atoms with van der Waals surface area (Å²) in [5, 5.41) is 4.86. The average Bonchev–Trinajstić information content (AvgIpc) is 3.21. The van der Waals surface area contributed by atoms with Crippen LogP contribution in [0.4, 0.5) is 0 Å². The van der Waals surface area contributed by atoms with E-state index in [0.717, 1.165) is 35.9 Å². The van der Waals surface area contributed by atoms with Gasteiger partial charge in [-0.05, 0) is 44.4 Å². The Kier molecular flexibility index (Phi) is 4.28. The lowest BCUT2D eigenvalue weighted by Crippen LogP contribution is -2.39. The van der Waals surface area contributed by atoms with Gasteiger partial charge in [0.25, 0.3) is 5.91 Å². The van der Waals surface area contributed by atoms with Crippen LogP contribution >= 0.6 is 0 Å². The van der Waals surface area contributed by atoms with Crippen molar-refractivity contribution in [3.05, 3.63) is 47.7 Å². The molecule has 134 valence electrons. The van der Waals surface area contributed by atoms with E-state index < -0.39 is 0 Å². The summed E-state index contributed by atoms with van der Waals surface area (Å²) in [6.07, 6.45) is 4.15. The normalized spacial score (nSPS) is 17.5. The average molecular weight is 352 g/mol. The van der Waals surface area contributed by atoms with Gasteiger partial charge in [0.1, 0.15) is 5.75 Å². The zero-order chi connectivity index (χ0) is 18.1. The lowest BCUT2D eigenvalue weighted by atomic mass is 9.99. The molecule has 1 aliphatic heterocycles. The van der Waals surface area contributed by atoms with Gasteiger partial charge in [-0.15, -0.1) is 0 Å². The third-order valence-electron chi connectivity index (χ3n) is 4.89. The zero-order valence-electron chi connectivity index (χ0n) is 14.8. The number of ether oxygens (including phenoxy) is 1. The topological polar surface area (TPSA) is 81.4 Å². The SMILES string of the molecule is COc1ccc2cc(C(=O)N3CCCCC3c3ncon3)c(C)nc2c1. The molecule has 1 aliphatic rings. The van der Waals surface area contributed by atoms with Gasteiger partial charge in [-0.2, -0.15) is 4.98 Å². The zero-order valence-corrected chi connectivity index (χ0v) is 14.8. The molecule has 0 spiro atoms. The number of benzene rings is 1. The number of amides is 1. The molecule has 1 aromatic carbocycles. The standard InChI is InChI=1S/C19H20N4O3/c1-12-15(9-13-6-7-14(25-2)10-16(13)21-12)19(24)23-8-4-3-5-17(23)18-20-11-26-22-18/h6-7,9-11,17H,3-5,8H2,1-2H3. The number of likely N-dealkylation sites (tertiary alicyclic amines) is 1. The number of aryl methyl sites for hydroxylation is 1. The van der Waals surface area contributed by atoms with Gasteiger partial charge in [-0.1, -0.05) is 5.16 Å². The van der Waals surface area contributed by atoms with Gasteiger partial charge in [0.2, 0.25) is 6.39 Å². The summed E-state index contributed by atoms with van der Waals surface area (Å²) in [5.74, 6) is 1.27. The first-order valence-electron chi connectivity index (χ1n) is 8.70. The molecule has 1 unspecified atom stereocenters. The molecule has 4 rings (SSSR count). The van der Waals surface area contributed by atoms with Crippen LogP contribution in [0.5, 0.6) is 5.75 Å². The number of carbonyl (C=O) groups excluding carboxylic acids is 1. The molecule has 0 aliphatic carbocycles. The minimum absolute atomic E-state index is 0.0396. The van der Waals surface area contributed by atoms with Crippen molar-refractivity contribution in [1.82, 2.24) is 20.0 Å². The van der Waals surface area contributed by atoms with Crippen molar-refractivity contribution in [2.45, 2.75) is 32.2 Å². The predicted octanol–water partition coefficient (Wildman–Crippen LogP) is 3.30. The van der Waals surface area contributed by atoms with E-state index in [4.69, 9.17) is 9.26 Å². The van der Waals surface area contributed by atoms with Gasteiger partial charge < -0.3 is 14.2 Å². The van der Waals surface area contributed by atoms with Crippen molar-refractivity contribution in [2.75, 3.05) is 13.7 Å². The molecule has 1 amide bonds. The first kappa shape index (κ1) is 16.5. The quantitative estimate of drug-likeness (QED) is 0.719. The number of aromatic nitrogens is 3. The van der Waals surface area contributed by atoms with E-state index in [0.29, 0.717) is 23.6 Å². The molecule has 0 saturated carbocycles. The van der Waals surface area contributed by atoms with E-state index in [2.05, 4.69) is 15.1 Å². The number of carbonyl (C=O) groups is 1. The Morgan fingerprint density at radius 2 is 2.19 bits per heavy atom. The third kappa shape index (κ3) is 2.89. The van der Waals surface area contributed by atoms with Crippen LogP contribution < -0.4 is 4.74 Å². The number of hydrogen-bond donors (Lipinski definition) is 0. The lowest BCUT2D eigenvalue weighted by molar-refractivity contribution is 0.0596. The van der Waals surface area contributed by atoms with Crippen molar-refractivity contribution in [3.63, 3.8) is 0 Å². The Hall–Kier alpha value is -2.96. The maximum Gasteiger partial charge on any atom is 0.256 e. The minimum Gasteiger partial charge on any atom is -0.497 e. The number of methoxy groups -OCH3 is 1. The smallest absolute Gasteiger partial charge is 0.256 e. The molecule has 7 heteroatoms. The molecule has 0 radical (unpaired) electrons. The first-order valence-corrected chi connectivity index (χ1v) is 8.70. The maximum atomic E-state index is 13.3. The molecule has 3 heterocycles. The van der Waals surface area contributed by atoms with Crippen LogP contribution in [0.3, 0.4) is 0 Å². The van der Waals surface area contributed by atoms with Crippen LogP contribution in [0.2, 0.25) is 0 Å². The van der Waals surface area contributed by atoms with Crippen LogP contribution in [0.25, 0.3) is 10.9 Å². The number of nitrogens with zero attached hydrogens (tertiary/aromatic N) is 4. The Morgan fingerprint density at radius 3 is 2.96 bits per heavy atom. The highest BCUT2D eigenvalue weighted by Gasteiger charge is 2.32. The van der Waals surface area contributed by atoms with Gasteiger partial charge in [0.15, 0.2) is 5.82 Å². The van der Waals surface area contributed by atoms with Gasteiger partial charge in [0, 0.05) is 18.0 Å². The van der Waals surface area contributed by atoms with Crippen LogP contribution in [0.15, 0.2) is 35.2 Å². The van der Waals surface area contributed by atoms with Crippen molar-refractivity contribution in [3.8, 4) is 5.75 Å². The van der Waals surface area contributed by atoms with E-state index >= 15 is 0 Å². The van der Waals surface area contributed by atoms with E-state index in [-0.39, 0.29) is 11.9 Å².